The molecule has 1 fully saturated rings. The molecular formula is C22H15Cl2N3O3. The Balaban J connectivity index is 1.82. The molecule has 4 rings (SSSR count). The van der Waals surface area contributed by atoms with E-state index in [1.54, 1.807) is 66.7 Å². The summed E-state index contributed by atoms with van der Waals surface area (Å²) in [5.74, 6) is -0.310. The van der Waals surface area contributed by atoms with Crippen molar-refractivity contribution in [1.29, 1.82) is 0 Å². The second kappa shape index (κ2) is 8.26. The van der Waals surface area contributed by atoms with Crippen molar-refractivity contribution in [1.82, 2.24) is 0 Å². The number of para-hydroxylation sites is 1. The second-order valence-corrected chi connectivity index (χ2v) is 7.60. The fraction of sp³-hybridized carbons (Fsp3) is 0.0909. The maximum absolute atomic E-state index is 13.3. The second-order valence-electron chi connectivity index (χ2n) is 6.72. The number of hydrogen-bond donors (Lipinski definition) is 0. The van der Waals surface area contributed by atoms with Gasteiger partial charge in [0.25, 0.3) is 11.6 Å². The number of halogens is 2. The smallest absolute Gasteiger partial charge is 0.274 e. The zero-order chi connectivity index (χ0) is 21.3. The lowest BCUT2D eigenvalue weighted by Gasteiger charge is -2.24. The van der Waals surface area contributed by atoms with Crippen LogP contribution in [-0.4, -0.2) is 16.5 Å². The minimum atomic E-state index is -0.564. The molecule has 0 radical (unpaired) electrons. The first kappa shape index (κ1) is 20.1. The van der Waals surface area contributed by atoms with Gasteiger partial charge in [0.05, 0.1) is 22.2 Å². The molecule has 0 aromatic heterocycles. The van der Waals surface area contributed by atoms with Gasteiger partial charge in [0, 0.05) is 28.2 Å². The molecule has 8 heteroatoms. The number of hydrogen-bond acceptors (Lipinski definition) is 4. The zero-order valence-electron chi connectivity index (χ0n) is 15.5. The predicted octanol–water partition coefficient (Wildman–Crippen LogP) is 6.15. The minimum absolute atomic E-state index is 0.0398. The summed E-state index contributed by atoms with van der Waals surface area (Å²) in [5.41, 5.74) is 1.90. The average molecular weight is 440 g/mol. The highest BCUT2D eigenvalue weighted by atomic mass is 35.5. The molecule has 1 aliphatic heterocycles. The van der Waals surface area contributed by atoms with Gasteiger partial charge in [-0.3, -0.25) is 19.8 Å². The summed E-state index contributed by atoms with van der Waals surface area (Å²) in [4.78, 5) is 30.5. The molecular weight excluding hydrogens is 425 g/mol. The molecule has 0 spiro atoms. The van der Waals surface area contributed by atoms with E-state index in [1.165, 1.54) is 11.0 Å². The van der Waals surface area contributed by atoms with Crippen LogP contribution in [0.1, 0.15) is 18.0 Å². The van der Waals surface area contributed by atoms with E-state index in [9.17, 15) is 14.9 Å². The van der Waals surface area contributed by atoms with Crippen molar-refractivity contribution < 1.29 is 9.72 Å². The minimum Gasteiger partial charge on any atom is -0.299 e. The molecule has 0 saturated carbocycles. The number of anilines is 1. The molecule has 1 aliphatic rings. The molecule has 1 heterocycles. The average Bonchev–Trinajstić information content (AvgIpc) is 3.06. The monoisotopic (exact) mass is 439 g/mol. The number of carbonyl (C=O) groups excluding carboxylic acids is 1. The highest BCUT2D eigenvalue weighted by Crippen LogP contribution is 2.40. The first-order valence-corrected chi connectivity index (χ1v) is 9.85. The summed E-state index contributed by atoms with van der Waals surface area (Å²) < 4.78 is 0. The van der Waals surface area contributed by atoms with E-state index in [0.29, 0.717) is 32.7 Å². The maximum atomic E-state index is 13.3. The molecule has 1 unspecified atom stereocenters. The van der Waals surface area contributed by atoms with Gasteiger partial charge in [0.1, 0.15) is 5.71 Å². The first-order valence-electron chi connectivity index (χ1n) is 9.09. The molecule has 0 N–H and O–H groups in total. The zero-order valence-corrected chi connectivity index (χ0v) is 17.0. The summed E-state index contributed by atoms with van der Waals surface area (Å²) in [7, 11) is 0. The lowest BCUT2D eigenvalue weighted by Crippen LogP contribution is -2.29. The van der Waals surface area contributed by atoms with Gasteiger partial charge < -0.3 is 0 Å². The van der Waals surface area contributed by atoms with Crippen molar-refractivity contribution in [3.05, 3.63) is 98.5 Å². The molecule has 0 bridgehead atoms. The molecule has 6 nitrogen and oxygen atoms in total. The van der Waals surface area contributed by atoms with Crippen LogP contribution >= 0.6 is 23.2 Å². The van der Waals surface area contributed by atoms with Crippen molar-refractivity contribution in [2.24, 2.45) is 4.99 Å². The Morgan fingerprint density at radius 1 is 0.933 bits per heavy atom. The van der Waals surface area contributed by atoms with E-state index < -0.39 is 11.0 Å². The van der Waals surface area contributed by atoms with Gasteiger partial charge in [0.15, 0.2) is 0 Å². The van der Waals surface area contributed by atoms with Crippen LogP contribution in [0, 0.1) is 10.1 Å². The van der Waals surface area contributed by atoms with Crippen LogP contribution < -0.4 is 4.90 Å². The Labute approximate surface area is 182 Å². The van der Waals surface area contributed by atoms with Gasteiger partial charge in [-0.1, -0.05) is 41.4 Å². The van der Waals surface area contributed by atoms with Gasteiger partial charge in [-0.05, 0) is 48.5 Å². The fourth-order valence-corrected chi connectivity index (χ4v) is 3.74. The topological polar surface area (TPSA) is 75.8 Å². The first-order chi connectivity index (χ1) is 14.4. The normalized spacial score (nSPS) is 17.5. The number of rotatable bonds is 4. The number of nitro groups is 1. The summed E-state index contributed by atoms with van der Waals surface area (Å²) in [5, 5.41) is 12.7. The van der Waals surface area contributed by atoms with Gasteiger partial charge in [-0.15, -0.1) is 0 Å². The maximum Gasteiger partial charge on any atom is 0.274 e. The Bertz CT molecular complexity index is 1150. The SMILES string of the molecule is O=C1C(=Nc2ccc(Cl)cc2)CC(c2ccccc2[N+](=O)[O-])N1c1ccc(Cl)cc1. The molecule has 3 aromatic rings. The van der Waals surface area contributed by atoms with E-state index in [0.717, 1.165) is 0 Å². The Hall–Kier alpha value is -3.22. The van der Waals surface area contributed by atoms with Crippen LogP contribution in [0.4, 0.5) is 17.1 Å². The summed E-state index contributed by atoms with van der Waals surface area (Å²) in [6, 6.07) is 19.5. The molecule has 1 atom stereocenters. The van der Waals surface area contributed by atoms with Crippen molar-refractivity contribution in [3.8, 4) is 0 Å². The van der Waals surface area contributed by atoms with E-state index in [1.807, 2.05) is 0 Å². The number of carbonyl (C=O) groups is 1. The van der Waals surface area contributed by atoms with E-state index in [4.69, 9.17) is 23.2 Å². The van der Waals surface area contributed by atoms with Crippen molar-refractivity contribution in [2.45, 2.75) is 12.5 Å². The standard InChI is InChI=1S/C22H15Cl2N3O3/c23-14-5-9-16(10-6-14)25-19-13-21(18-3-1-2-4-20(18)27(29)30)26(22(19)28)17-11-7-15(24)8-12-17/h1-12,21H,13H2. The van der Waals surface area contributed by atoms with Crippen molar-refractivity contribution in [2.75, 3.05) is 4.90 Å². The molecule has 1 amide bonds. The predicted molar refractivity (Wildman–Crippen MR) is 118 cm³/mol. The molecule has 30 heavy (non-hydrogen) atoms. The fourth-order valence-electron chi connectivity index (χ4n) is 3.49. The van der Waals surface area contributed by atoms with Crippen LogP contribution in [0.25, 0.3) is 0 Å². The lowest BCUT2D eigenvalue weighted by molar-refractivity contribution is -0.385. The quantitative estimate of drug-likeness (QED) is 0.361. The van der Waals surface area contributed by atoms with Crippen molar-refractivity contribution in [3.63, 3.8) is 0 Å². The van der Waals surface area contributed by atoms with Crippen LogP contribution in [0.5, 0.6) is 0 Å². The number of aliphatic imine (C=N–C) groups is 1. The summed E-state index contributed by atoms with van der Waals surface area (Å²) >= 11 is 11.9. The number of nitro benzene ring substituents is 1. The van der Waals surface area contributed by atoms with Gasteiger partial charge >= 0.3 is 0 Å². The molecule has 1 saturated heterocycles. The van der Waals surface area contributed by atoms with E-state index in [-0.39, 0.29) is 18.0 Å². The molecule has 3 aromatic carbocycles. The van der Waals surface area contributed by atoms with Crippen LogP contribution in [0.3, 0.4) is 0 Å². The third-order valence-electron chi connectivity index (χ3n) is 4.85. The Morgan fingerprint density at radius 3 is 2.17 bits per heavy atom. The Morgan fingerprint density at radius 2 is 1.53 bits per heavy atom. The number of benzene rings is 3. The highest BCUT2D eigenvalue weighted by Gasteiger charge is 2.41. The third-order valence-corrected chi connectivity index (χ3v) is 5.36. The summed E-state index contributed by atoms with van der Waals surface area (Å²) in [6.07, 6.45) is 0.231. The molecule has 150 valence electrons. The van der Waals surface area contributed by atoms with Crippen LogP contribution in [0.15, 0.2) is 77.8 Å². The third kappa shape index (κ3) is 3.92. The van der Waals surface area contributed by atoms with E-state index >= 15 is 0 Å². The van der Waals surface area contributed by atoms with E-state index in [2.05, 4.69) is 4.99 Å². The summed E-state index contributed by atoms with van der Waals surface area (Å²) in [6.45, 7) is 0. The van der Waals surface area contributed by atoms with Gasteiger partial charge in [0.2, 0.25) is 0 Å². The Kier molecular flexibility index (Phi) is 5.53. The van der Waals surface area contributed by atoms with Gasteiger partial charge in [-0.25, -0.2) is 4.99 Å². The van der Waals surface area contributed by atoms with Crippen LogP contribution in [-0.2, 0) is 4.79 Å². The largest absolute Gasteiger partial charge is 0.299 e. The molecule has 0 aliphatic carbocycles. The number of nitrogens with zero attached hydrogens (tertiary/aromatic N) is 3. The van der Waals surface area contributed by atoms with Gasteiger partial charge in [-0.2, -0.15) is 0 Å². The number of amides is 1. The highest BCUT2D eigenvalue weighted by molar-refractivity contribution is 6.46. The van der Waals surface area contributed by atoms with Crippen LogP contribution in [0.2, 0.25) is 10.0 Å². The van der Waals surface area contributed by atoms with Crippen molar-refractivity contribution >= 4 is 51.9 Å². The lowest BCUT2D eigenvalue weighted by atomic mass is 10.0.